The monoisotopic (exact) mass is 277 g/mol. The molecule has 1 aromatic carbocycles. The molecule has 0 atom stereocenters. The average molecular weight is 278 g/mol. The van der Waals surface area contributed by atoms with Gasteiger partial charge in [0.15, 0.2) is 0 Å². The van der Waals surface area contributed by atoms with E-state index >= 15 is 0 Å². The molecule has 100 valence electrons. The summed E-state index contributed by atoms with van der Waals surface area (Å²) in [4.78, 5) is 4.31. The first-order chi connectivity index (χ1) is 9.10. The van der Waals surface area contributed by atoms with Crippen LogP contribution in [-0.2, 0) is 0 Å². The van der Waals surface area contributed by atoms with E-state index in [0.717, 1.165) is 11.3 Å². The Morgan fingerprint density at radius 1 is 1.32 bits per heavy atom. The summed E-state index contributed by atoms with van der Waals surface area (Å²) in [6.45, 7) is 4.41. The summed E-state index contributed by atoms with van der Waals surface area (Å²) in [7, 11) is 0. The number of benzene rings is 1. The number of halogens is 1. The molecule has 0 unspecified atom stereocenters. The lowest BCUT2D eigenvalue weighted by Gasteiger charge is -2.11. The van der Waals surface area contributed by atoms with Gasteiger partial charge in [-0.05, 0) is 43.7 Å². The molecule has 0 aliphatic heterocycles. The molecule has 0 aliphatic carbocycles. The molecule has 0 fully saturated rings. The third-order valence-corrected chi connectivity index (χ3v) is 2.88. The maximum Gasteiger partial charge on any atom is 0.239 e. The van der Waals surface area contributed by atoms with Crippen LogP contribution in [0.25, 0.3) is 0 Å². The van der Waals surface area contributed by atoms with Crippen molar-refractivity contribution in [2.45, 2.75) is 13.8 Å². The van der Waals surface area contributed by atoms with Crippen LogP contribution in [0.1, 0.15) is 12.5 Å². The van der Waals surface area contributed by atoms with E-state index in [1.54, 1.807) is 12.1 Å². The van der Waals surface area contributed by atoms with Gasteiger partial charge in [0.05, 0.1) is 23.0 Å². The molecule has 0 spiro atoms. The molecular weight excluding hydrogens is 262 g/mol. The van der Waals surface area contributed by atoms with E-state index in [4.69, 9.17) is 22.1 Å². The third-order valence-electron chi connectivity index (χ3n) is 2.56. The molecule has 3 N–H and O–H groups in total. The maximum absolute atomic E-state index is 6.13. The van der Waals surface area contributed by atoms with E-state index in [1.807, 2.05) is 32.0 Å². The van der Waals surface area contributed by atoms with E-state index in [9.17, 15) is 0 Å². The van der Waals surface area contributed by atoms with Crippen molar-refractivity contribution in [3.8, 4) is 5.88 Å². The van der Waals surface area contributed by atoms with Gasteiger partial charge in [-0.15, -0.1) is 0 Å². The number of aryl methyl sites for hydroxylation is 1. The molecule has 1 aromatic heterocycles. The van der Waals surface area contributed by atoms with Crippen LogP contribution in [0.3, 0.4) is 0 Å². The second-order valence-corrected chi connectivity index (χ2v) is 4.54. The van der Waals surface area contributed by atoms with Gasteiger partial charge >= 0.3 is 0 Å². The Balaban J connectivity index is 2.28. The van der Waals surface area contributed by atoms with E-state index in [2.05, 4.69) is 10.3 Å². The normalized spacial score (nSPS) is 10.3. The molecule has 2 rings (SSSR count). The summed E-state index contributed by atoms with van der Waals surface area (Å²) in [5, 5.41) is 3.80. The van der Waals surface area contributed by atoms with Gasteiger partial charge in [-0.1, -0.05) is 17.7 Å². The number of anilines is 3. The number of nitrogen functional groups attached to an aromatic ring is 1. The Morgan fingerprint density at radius 3 is 2.84 bits per heavy atom. The lowest BCUT2D eigenvalue weighted by Crippen LogP contribution is -2.02. The average Bonchev–Trinajstić information content (AvgIpc) is 2.38. The topological polar surface area (TPSA) is 60.2 Å². The highest BCUT2D eigenvalue weighted by molar-refractivity contribution is 6.33. The van der Waals surface area contributed by atoms with Crippen LogP contribution >= 0.6 is 11.6 Å². The molecule has 19 heavy (non-hydrogen) atoms. The Morgan fingerprint density at radius 2 is 2.11 bits per heavy atom. The molecule has 0 saturated heterocycles. The number of nitrogens with one attached hydrogen (secondary N) is 1. The predicted octanol–water partition coefficient (Wildman–Crippen LogP) is 3.77. The first kappa shape index (κ1) is 13.5. The van der Waals surface area contributed by atoms with Gasteiger partial charge in [0, 0.05) is 0 Å². The molecule has 0 amide bonds. The Bertz CT molecular complexity index is 587. The summed E-state index contributed by atoms with van der Waals surface area (Å²) in [6, 6.07) is 9.30. The molecule has 1 heterocycles. The van der Waals surface area contributed by atoms with Gasteiger partial charge in [0.2, 0.25) is 5.88 Å². The number of hydrogen-bond donors (Lipinski definition) is 2. The fourth-order valence-electron chi connectivity index (χ4n) is 1.65. The van der Waals surface area contributed by atoms with Crippen molar-refractivity contribution >= 4 is 28.8 Å². The van der Waals surface area contributed by atoms with Crippen molar-refractivity contribution in [3.63, 3.8) is 0 Å². The summed E-state index contributed by atoms with van der Waals surface area (Å²) in [6.07, 6.45) is 0. The number of aromatic nitrogens is 1. The van der Waals surface area contributed by atoms with E-state index < -0.39 is 0 Å². The summed E-state index contributed by atoms with van der Waals surface area (Å²) in [5.74, 6) is 1.07. The molecule has 0 bridgehead atoms. The number of nitrogens with zero attached hydrogens (tertiary/aromatic N) is 1. The van der Waals surface area contributed by atoms with Gasteiger partial charge in [-0.2, -0.15) is 4.98 Å². The summed E-state index contributed by atoms with van der Waals surface area (Å²) < 4.78 is 5.36. The first-order valence-electron chi connectivity index (χ1n) is 6.02. The highest BCUT2D eigenvalue weighted by Crippen LogP contribution is 2.28. The first-order valence-corrected chi connectivity index (χ1v) is 6.40. The molecule has 0 saturated carbocycles. The van der Waals surface area contributed by atoms with E-state index in [-0.39, 0.29) is 0 Å². The Labute approximate surface area is 117 Å². The van der Waals surface area contributed by atoms with Crippen LogP contribution in [0.5, 0.6) is 5.88 Å². The second kappa shape index (κ2) is 5.80. The summed E-state index contributed by atoms with van der Waals surface area (Å²) in [5.41, 5.74) is 8.22. The smallest absolute Gasteiger partial charge is 0.239 e. The highest BCUT2D eigenvalue weighted by Gasteiger charge is 2.06. The zero-order valence-electron chi connectivity index (χ0n) is 10.9. The predicted molar refractivity (Wildman–Crippen MR) is 79.3 cm³/mol. The zero-order chi connectivity index (χ0) is 13.8. The van der Waals surface area contributed by atoms with Crippen LogP contribution in [0.15, 0.2) is 30.3 Å². The lowest BCUT2D eigenvalue weighted by molar-refractivity contribution is 0.329. The number of rotatable bonds is 4. The van der Waals surface area contributed by atoms with Crippen molar-refractivity contribution in [1.29, 1.82) is 0 Å². The minimum atomic E-state index is 0.427. The molecule has 4 nitrogen and oxygen atoms in total. The number of hydrogen-bond acceptors (Lipinski definition) is 4. The van der Waals surface area contributed by atoms with Crippen LogP contribution in [0.4, 0.5) is 17.2 Å². The highest BCUT2D eigenvalue weighted by atomic mass is 35.5. The number of nitrogens with two attached hydrogens (primary N) is 1. The molecule has 2 aromatic rings. The van der Waals surface area contributed by atoms with E-state index in [0.29, 0.717) is 29.0 Å². The van der Waals surface area contributed by atoms with E-state index in [1.165, 1.54) is 0 Å². The minimum Gasteiger partial charge on any atom is -0.476 e. The molecule has 0 aliphatic rings. The van der Waals surface area contributed by atoms with Crippen LogP contribution in [0, 0.1) is 6.92 Å². The van der Waals surface area contributed by atoms with Gasteiger partial charge < -0.3 is 15.8 Å². The van der Waals surface area contributed by atoms with Crippen molar-refractivity contribution < 1.29 is 4.74 Å². The SMILES string of the molecule is CCOc1nc(Nc2cc(C)ccc2Cl)ccc1N. The van der Waals surface area contributed by atoms with Crippen molar-refractivity contribution in [1.82, 2.24) is 4.98 Å². The Kier molecular flexibility index (Phi) is 4.12. The Hall–Kier alpha value is -1.94. The van der Waals surface area contributed by atoms with Crippen LogP contribution in [-0.4, -0.2) is 11.6 Å². The largest absolute Gasteiger partial charge is 0.476 e. The second-order valence-electron chi connectivity index (χ2n) is 4.13. The molecule has 5 heteroatoms. The van der Waals surface area contributed by atoms with Crippen molar-refractivity contribution in [3.05, 3.63) is 40.9 Å². The van der Waals surface area contributed by atoms with Gasteiger partial charge in [-0.3, -0.25) is 0 Å². The fraction of sp³-hybridized carbons (Fsp3) is 0.214. The number of pyridine rings is 1. The zero-order valence-corrected chi connectivity index (χ0v) is 11.7. The quantitative estimate of drug-likeness (QED) is 0.893. The van der Waals surface area contributed by atoms with Gasteiger partial charge in [0.25, 0.3) is 0 Å². The third kappa shape index (κ3) is 3.29. The number of ether oxygens (including phenoxy) is 1. The molecular formula is C14H16ClN3O. The lowest BCUT2D eigenvalue weighted by atomic mass is 10.2. The van der Waals surface area contributed by atoms with Crippen LogP contribution < -0.4 is 15.8 Å². The van der Waals surface area contributed by atoms with Crippen molar-refractivity contribution in [2.75, 3.05) is 17.7 Å². The van der Waals surface area contributed by atoms with Gasteiger partial charge in [-0.25, -0.2) is 0 Å². The van der Waals surface area contributed by atoms with Crippen molar-refractivity contribution in [2.24, 2.45) is 0 Å². The standard InChI is InChI=1S/C14H16ClN3O/c1-3-19-14-11(16)6-7-13(18-14)17-12-8-9(2)4-5-10(12)15/h4-8H,3,16H2,1-2H3,(H,17,18). The maximum atomic E-state index is 6.13. The fourth-order valence-corrected chi connectivity index (χ4v) is 1.81. The minimum absolute atomic E-state index is 0.427. The summed E-state index contributed by atoms with van der Waals surface area (Å²) >= 11 is 6.13. The van der Waals surface area contributed by atoms with Gasteiger partial charge in [0.1, 0.15) is 5.82 Å². The molecule has 0 radical (unpaired) electrons. The van der Waals surface area contributed by atoms with Crippen LogP contribution in [0.2, 0.25) is 5.02 Å².